The molecule has 0 spiro atoms. The average Bonchev–Trinajstić information content (AvgIpc) is 2.29. The molecule has 0 fully saturated rings. The topological polar surface area (TPSA) is 44.8 Å². The highest BCUT2D eigenvalue weighted by molar-refractivity contribution is 9.10. The monoisotopic (exact) mass is 272 g/mol. The Balaban J connectivity index is 2.52. The summed E-state index contributed by atoms with van der Waals surface area (Å²) in [7, 11) is 1.33. The van der Waals surface area contributed by atoms with Crippen LogP contribution in [-0.2, 0) is 4.74 Å². The second-order valence-electron chi connectivity index (χ2n) is 2.94. The van der Waals surface area contributed by atoms with Crippen molar-refractivity contribution in [2.45, 2.75) is 0 Å². The van der Waals surface area contributed by atoms with Gasteiger partial charge in [-0.3, -0.25) is 0 Å². The summed E-state index contributed by atoms with van der Waals surface area (Å²) < 4.78 is 16.2. The Morgan fingerprint density at radius 2 is 2.00 bits per heavy atom. The summed E-state index contributed by atoms with van der Waals surface area (Å²) in [5.41, 5.74) is 0.385. The fraction of sp³-hybridized carbons (Fsp3) is 0.300. The maximum absolute atomic E-state index is 11.4. The number of halogens is 1. The third kappa shape index (κ3) is 1.79. The fourth-order valence-corrected chi connectivity index (χ4v) is 1.80. The fourth-order valence-electron chi connectivity index (χ4n) is 1.37. The second-order valence-corrected chi connectivity index (χ2v) is 3.80. The highest BCUT2D eigenvalue weighted by Crippen LogP contribution is 2.40. The van der Waals surface area contributed by atoms with Gasteiger partial charge in [-0.1, -0.05) is 0 Å². The van der Waals surface area contributed by atoms with Crippen molar-refractivity contribution in [1.29, 1.82) is 0 Å². The van der Waals surface area contributed by atoms with Gasteiger partial charge in [-0.15, -0.1) is 0 Å². The zero-order valence-corrected chi connectivity index (χ0v) is 9.67. The van der Waals surface area contributed by atoms with E-state index in [2.05, 4.69) is 20.7 Å². The molecule has 80 valence electrons. The Kier molecular flexibility index (Phi) is 2.81. The standard InChI is InChI=1S/C10H9BrO4/c1-13-10(12)6-2-3-7(11)9-8(6)14-4-5-15-9/h2-3H,4-5H2,1H3. The van der Waals surface area contributed by atoms with Gasteiger partial charge in [0.05, 0.1) is 11.6 Å². The molecule has 1 aliphatic heterocycles. The zero-order valence-electron chi connectivity index (χ0n) is 8.08. The average molecular weight is 273 g/mol. The molecule has 4 nitrogen and oxygen atoms in total. The predicted octanol–water partition coefficient (Wildman–Crippen LogP) is 2.01. The molecule has 0 aliphatic carbocycles. The van der Waals surface area contributed by atoms with Gasteiger partial charge >= 0.3 is 5.97 Å². The van der Waals surface area contributed by atoms with Crippen LogP contribution < -0.4 is 9.47 Å². The second kappa shape index (κ2) is 4.10. The lowest BCUT2D eigenvalue weighted by Crippen LogP contribution is -2.18. The van der Waals surface area contributed by atoms with Crippen LogP contribution in [0.1, 0.15) is 10.4 Å². The molecule has 15 heavy (non-hydrogen) atoms. The molecule has 5 heteroatoms. The molecule has 0 N–H and O–H groups in total. The van der Waals surface area contributed by atoms with Crippen molar-refractivity contribution in [2.75, 3.05) is 20.3 Å². The van der Waals surface area contributed by atoms with Gasteiger partial charge in [0.15, 0.2) is 11.5 Å². The van der Waals surface area contributed by atoms with Crippen LogP contribution in [0.15, 0.2) is 16.6 Å². The molecule has 0 radical (unpaired) electrons. The smallest absolute Gasteiger partial charge is 0.341 e. The Hall–Kier alpha value is -1.23. The van der Waals surface area contributed by atoms with Crippen LogP contribution in [0.5, 0.6) is 11.5 Å². The van der Waals surface area contributed by atoms with Gasteiger partial charge in [0, 0.05) is 0 Å². The Bertz CT molecular complexity index is 403. The summed E-state index contributed by atoms with van der Waals surface area (Å²) in [6.07, 6.45) is 0. The summed E-state index contributed by atoms with van der Waals surface area (Å²) in [5, 5.41) is 0. The van der Waals surface area contributed by atoms with Crippen molar-refractivity contribution in [1.82, 2.24) is 0 Å². The maximum atomic E-state index is 11.4. The van der Waals surface area contributed by atoms with Crippen LogP contribution in [-0.4, -0.2) is 26.3 Å². The predicted molar refractivity (Wildman–Crippen MR) is 56.5 cm³/mol. The number of hydrogen-bond donors (Lipinski definition) is 0. The number of carbonyl (C=O) groups is 1. The van der Waals surface area contributed by atoms with Crippen molar-refractivity contribution in [2.24, 2.45) is 0 Å². The van der Waals surface area contributed by atoms with Crippen molar-refractivity contribution in [3.63, 3.8) is 0 Å². The molecule has 0 atom stereocenters. The van der Waals surface area contributed by atoms with E-state index in [9.17, 15) is 4.79 Å². The number of rotatable bonds is 1. The molecule has 1 heterocycles. The van der Waals surface area contributed by atoms with Crippen molar-refractivity contribution >= 4 is 21.9 Å². The minimum absolute atomic E-state index is 0.385. The highest BCUT2D eigenvalue weighted by Gasteiger charge is 2.23. The molecule has 0 amide bonds. The van der Waals surface area contributed by atoms with E-state index in [1.807, 2.05) is 0 Å². The first kappa shape index (κ1) is 10.3. The molecule has 0 saturated carbocycles. The number of ether oxygens (including phenoxy) is 3. The van der Waals surface area contributed by atoms with E-state index >= 15 is 0 Å². The Morgan fingerprint density at radius 3 is 2.67 bits per heavy atom. The first-order valence-electron chi connectivity index (χ1n) is 4.40. The number of hydrogen-bond acceptors (Lipinski definition) is 4. The van der Waals surface area contributed by atoms with Gasteiger partial charge in [-0.2, -0.15) is 0 Å². The van der Waals surface area contributed by atoms with Crippen LogP contribution >= 0.6 is 15.9 Å². The molecular weight excluding hydrogens is 264 g/mol. The van der Waals surface area contributed by atoms with E-state index in [1.54, 1.807) is 12.1 Å². The minimum atomic E-state index is -0.427. The molecule has 0 bridgehead atoms. The first-order valence-corrected chi connectivity index (χ1v) is 5.19. The third-order valence-corrected chi connectivity index (χ3v) is 2.67. The van der Waals surface area contributed by atoms with Crippen molar-refractivity contribution in [3.05, 3.63) is 22.2 Å². The summed E-state index contributed by atoms with van der Waals surface area (Å²) in [6.45, 7) is 0.920. The van der Waals surface area contributed by atoms with E-state index in [-0.39, 0.29) is 0 Å². The number of benzene rings is 1. The van der Waals surface area contributed by atoms with Crippen LogP contribution in [0.25, 0.3) is 0 Å². The van der Waals surface area contributed by atoms with Gasteiger partial charge in [0.1, 0.15) is 18.8 Å². The number of methoxy groups -OCH3 is 1. The van der Waals surface area contributed by atoms with Gasteiger partial charge in [0.25, 0.3) is 0 Å². The summed E-state index contributed by atoms with van der Waals surface area (Å²) in [5.74, 6) is 0.580. The molecular formula is C10H9BrO4. The SMILES string of the molecule is COC(=O)c1ccc(Br)c2c1OCCO2. The third-order valence-electron chi connectivity index (χ3n) is 2.05. The maximum Gasteiger partial charge on any atom is 0.341 e. The largest absolute Gasteiger partial charge is 0.485 e. The van der Waals surface area contributed by atoms with Gasteiger partial charge < -0.3 is 14.2 Å². The van der Waals surface area contributed by atoms with E-state index < -0.39 is 5.97 Å². The quantitative estimate of drug-likeness (QED) is 0.734. The molecule has 1 aromatic rings. The lowest BCUT2D eigenvalue weighted by Gasteiger charge is -2.21. The van der Waals surface area contributed by atoms with Crippen LogP contribution in [0.4, 0.5) is 0 Å². The van der Waals surface area contributed by atoms with E-state index in [0.717, 1.165) is 4.47 Å². The number of fused-ring (bicyclic) bond motifs is 1. The molecule has 1 aromatic carbocycles. The molecule has 0 saturated heterocycles. The van der Waals surface area contributed by atoms with Crippen LogP contribution in [0.3, 0.4) is 0 Å². The molecule has 1 aliphatic rings. The molecule has 2 rings (SSSR count). The Labute approximate surface area is 95.3 Å². The summed E-state index contributed by atoms with van der Waals surface area (Å²) in [6, 6.07) is 3.38. The minimum Gasteiger partial charge on any atom is -0.485 e. The first-order chi connectivity index (χ1) is 7.24. The van der Waals surface area contributed by atoms with Crippen molar-refractivity contribution in [3.8, 4) is 11.5 Å². The Morgan fingerprint density at radius 1 is 1.33 bits per heavy atom. The normalized spacial score (nSPS) is 13.5. The number of carbonyl (C=O) groups excluding carboxylic acids is 1. The van der Waals surface area contributed by atoms with Crippen molar-refractivity contribution < 1.29 is 19.0 Å². The van der Waals surface area contributed by atoms with E-state index in [1.165, 1.54) is 7.11 Å². The number of esters is 1. The van der Waals surface area contributed by atoms with E-state index in [4.69, 9.17) is 9.47 Å². The molecule has 0 aromatic heterocycles. The zero-order chi connectivity index (χ0) is 10.8. The lowest BCUT2D eigenvalue weighted by molar-refractivity contribution is 0.0590. The summed E-state index contributed by atoms with van der Waals surface area (Å²) >= 11 is 3.33. The highest BCUT2D eigenvalue weighted by atomic mass is 79.9. The van der Waals surface area contributed by atoms with E-state index in [0.29, 0.717) is 30.3 Å². The van der Waals surface area contributed by atoms with Crippen LogP contribution in [0.2, 0.25) is 0 Å². The van der Waals surface area contributed by atoms with Gasteiger partial charge in [-0.05, 0) is 28.1 Å². The van der Waals surface area contributed by atoms with Crippen LogP contribution in [0, 0.1) is 0 Å². The van der Waals surface area contributed by atoms with Gasteiger partial charge in [-0.25, -0.2) is 4.79 Å². The molecule has 0 unspecified atom stereocenters. The van der Waals surface area contributed by atoms with Gasteiger partial charge in [0.2, 0.25) is 0 Å². The summed E-state index contributed by atoms with van der Waals surface area (Å²) in [4.78, 5) is 11.4. The lowest BCUT2D eigenvalue weighted by atomic mass is 10.2.